The van der Waals surface area contributed by atoms with Crippen LogP contribution in [0.15, 0.2) is 42.5 Å². The summed E-state index contributed by atoms with van der Waals surface area (Å²) in [7, 11) is 1.70. The molecule has 3 aromatic rings. The first-order chi connectivity index (χ1) is 18.3. The summed E-state index contributed by atoms with van der Waals surface area (Å²) in [4.78, 5) is 18.6. The van der Waals surface area contributed by atoms with E-state index in [0.29, 0.717) is 42.6 Å². The number of benzene rings is 2. The van der Waals surface area contributed by atoms with Crippen LogP contribution in [0.4, 0.5) is 5.69 Å². The maximum absolute atomic E-state index is 12.1. The predicted molar refractivity (Wildman–Crippen MR) is 150 cm³/mol. The molecule has 202 valence electrons. The van der Waals surface area contributed by atoms with E-state index in [2.05, 4.69) is 15.9 Å². The van der Waals surface area contributed by atoms with Crippen LogP contribution in [0.5, 0.6) is 5.75 Å². The molecular weight excluding hydrogens is 525 g/mol. The zero-order valence-electron chi connectivity index (χ0n) is 21.7. The zero-order chi connectivity index (χ0) is 26.8. The number of hydrogen-bond acceptors (Lipinski definition) is 6. The third-order valence-electron chi connectivity index (χ3n) is 7.42. The summed E-state index contributed by atoms with van der Waals surface area (Å²) in [5.74, 6) is 0.918. The van der Waals surface area contributed by atoms with E-state index in [0.717, 1.165) is 60.1 Å². The second-order valence-electron chi connectivity index (χ2n) is 9.89. The Labute approximate surface area is 233 Å². The minimum absolute atomic E-state index is 0.0378. The maximum atomic E-state index is 12.1. The van der Waals surface area contributed by atoms with Crippen LogP contribution >= 0.6 is 23.2 Å². The van der Waals surface area contributed by atoms with Gasteiger partial charge in [-0.25, -0.2) is 0 Å². The summed E-state index contributed by atoms with van der Waals surface area (Å²) in [5.41, 5.74) is 4.79. The first-order valence-corrected chi connectivity index (χ1v) is 13.7. The van der Waals surface area contributed by atoms with Gasteiger partial charge >= 0.3 is 0 Å². The summed E-state index contributed by atoms with van der Waals surface area (Å²) in [5, 5.41) is 16.9. The quantitative estimate of drug-likeness (QED) is 0.474. The van der Waals surface area contributed by atoms with Crippen LogP contribution < -0.4 is 9.64 Å². The van der Waals surface area contributed by atoms with Gasteiger partial charge in [-0.1, -0.05) is 41.4 Å². The van der Waals surface area contributed by atoms with Crippen LogP contribution in [0.2, 0.25) is 10.0 Å². The Morgan fingerprint density at radius 3 is 2.53 bits per heavy atom. The average molecular weight is 559 g/mol. The molecule has 1 aromatic heterocycles. The topological polar surface area (TPSA) is 74.1 Å². The molecule has 0 radical (unpaired) electrons. The van der Waals surface area contributed by atoms with E-state index < -0.39 is 6.10 Å². The van der Waals surface area contributed by atoms with Crippen molar-refractivity contribution >= 4 is 34.8 Å². The smallest absolute Gasteiger partial charge is 0.219 e. The summed E-state index contributed by atoms with van der Waals surface area (Å²) < 4.78 is 7.44. The molecule has 3 heterocycles. The van der Waals surface area contributed by atoms with E-state index in [4.69, 9.17) is 33.0 Å². The van der Waals surface area contributed by atoms with Crippen molar-refractivity contribution in [3.63, 3.8) is 0 Å². The summed E-state index contributed by atoms with van der Waals surface area (Å²) in [6.45, 7) is 7.11. The number of nitrogens with zero attached hydrogens (tertiary/aromatic N) is 5. The molecular formula is C28H33Cl2N5O3. The van der Waals surface area contributed by atoms with Gasteiger partial charge in [-0.2, -0.15) is 5.10 Å². The summed E-state index contributed by atoms with van der Waals surface area (Å²) in [6, 6.07) is 13.5. The van der Waals surface area contributed by atoms with Crippen LogP contribution in [0.25, 0.3) is 11.3 Å². The van der Waals surface area contributed by atoms with Crippen LogP contribution in [0.1, 0.15) is 18.2 Å². The lowest BCUT2D eigenvalue weighted by atomic mass is 10.0. The van der Waals surface area contributed by atoms with Gasteiger partial charge in [-0.15, -0.1) is 0 Å². The monoisotopic (exact) mass is 557 g/mol. The molecule has 1 atom stereocenters. The predicted octanol–water partition coefficient (Wildman–Crippen LogP) is 3.95. The highest BCUT2D eigenvalue weighted by atomic mass is 35.5. The molecule has 1 unspecified atom stereocenters. The Balaban J connectivity index is 1.29. The molecule has 5 rings (SSSR count). The number of fused-ring (bicyclic) bond motifs is 1. The molecule has 1 amide bonds. The van der Waals surface area contributed by atoms with Gasteiger partial charge in [0.2, 0.25) is 5.91 Å². The van der Waals surface area contributed by atoms with Crippen molar-refractivity contribution in [2.45, 2.75) is 32.5 Å². The molecule has 1 N–H and O–H groups in total. The van der Waals surface area contributed by atoms with Crippen molar-refractivity contribution in [3.05, 3.63) is 63.8 Å². The summed E-state index contributed by atoms with van der Waals surface area (Å²) in [6.07, 6.45) is 0.109. The number of carbonyl (C=O) groups excluding carboxylic acids is 1. The number of aromatic nitrogens is 2. The first kappa shape index (κ1) is 26.8. The van der Waals surface area contributed by atoms with Crippen molar-refractivity contribution in [1.82, 2.24) is 19.6 Å². The number of aliphatic hydroxyl groups is 1. The van der Waals surface area contributed by atoms with Gasteiger partial charge in [0.15, 0.2) is 0 Å². The van der Waals surface area contributed by atoms with Gasteiger partial charge in [-0.3, -0.25) is 14.4 Å². The highest BCUT2D eigenvalue weighted by molar-refractivity contribution is 6.42. The van der Waals surface area contributed by atoms with E-state index in [1.807, 2.05) is 33.8 Å². The number of ether oxygens (including phenoxy) is 1. The van der Waals surface area contributed by atoms with E-state index in [1.165, 1.54) is 0 Å². The number of halogens is 2. The van der Waals surface area contributed by atoms with E-state index in [-0.39, 0.29) is 5.91 Å². The largest absolute Gasteiger partial charge is 0.495 e. The fourth-order valence-corrected chi connectivity index (χ4v) is 5.70. The molecule has 1 saturated heterocycles. The van der Waals surface area contributed by atoms with Crippen molar-refractivity contribution in [2.24, 2.45) is 0 Å². The highest BCUT2D eigenvalue weighted by Gasteiger charge is 2.28. The number of methoxy groups -OCH3 is 1. The van der Waals surface area contributed by atoms with Crippen LogP contribution in [0.3, 0.4) is 0 Å². The molecule has 1 fully saturated rings. The Morgan fingerprint density at radius 2 is 1.82 bits per heavy atom. The Hall–Kier alpha value is -2.78. The van der Waals surface area contributed by atoms with Crippen molar-refractivity contribution in [1.29, 1.82) is 0 Å². The third kappa shape index (κ3) is 5.64. The number of β-amino-alcohol motifs (C(OH)–C–C–N with tert-alkyl or cyclic N) is 1. The zero-order valence-corrected chi connectivity index (χ0v) is 23.3. The second kappa shape index (κ2) is 11.5. The lowest BCUT2D eigenvalue weighted by molar-refractivity contribution is -0.129. The molecule has 2 aliphatic heterocycles. The molecule has 0 spiro atoms. The minimum Gasteiger partial charge on any atom is -0.495 e. The molecule has 2 aliphatic rings. The number of piperazine rings is 1. The van der Waals surface area contributed by atoms with Gasteiger partial charge in [0.05, 0.1) is 41.2 Å². The molecule has 8 nitrogen and oxygen atoms in total. The Kier molecular flexibility index (Phi) is 8.14. The lowest BCUT2D eigenvalue weighted by Crippen LogP contribution is -2.49. The van der Waals surface area contributed by atoms with Crippen molar-refractivity contribution in [2.75, 3.05) is 51.3 Å². The van der Waals surface area contributed by atoms with Crippen LogP contribution in [-0.4, -0.2) is 83.1 Å². The SMILES string of the molecule is COc1ccccc1N1CCN(CC(O)Cn2nc(-c3ccc(Cl)c(Cl)c3)c3c2CCN(C(C)=O)C3)CC1. The van der Waals surface area contributed by atoms with Gasteiger partial charge in [-0.05, 0) is 24.3 Å². The fraction of sp³-hybridized carbons (Fsp3) is 0.429. The molecule has 0 aliphatic carbocycles. The van der Waals surface area contributed by atoms with Gasteiger partial charge in [0, 0.05) is 76.0 Å². The minimum atomic E-state index is -0.579. The van der Waals surface area contributed by atoms with Crippen LogP contribution in [-0.2, 0) is 24.3 Å². The van der Waals surface area contributed by atoms with Crippen molar-refractivity contribution < 1.29 is 14.6 Å². The first-order valence-electron chi connectivity index (χ1n) is 12.9. The molecule has 0 bridgehead atoms. The van der Waals surface area contributed by atoms with E-state index in [9.17, 15) is 9.90 Å². The lowest BCUT2D eigenvalue weighted by Gasteiger charge is -2.37. The number of amides is 1. The van der Waals surface area contributed by atoms with Gasteiger partial charge in [0.1, 0.15) is 5.75 Å². The number of para-hydroxylation sites is 2. The molecule has 38 heavy (non-hydrogen) atoms. The Morgan fingerprint density at radius 1 is 1.05 bits per heavy atom. The second-order valence-corrected chi connectivity index (χ2v) is 10.7. The van der Waals surface area contributed by atoms with E-state index in [1.54, 1.807) is 26.2 Å². The average Bonchev–Trinajstić information content (AvgIpc) is 3.28. The fourth-order valence-electron chi connectivity index (χ4n) is 5.40. The van der Waals surface area contributed by atoms with Crippen molar-refractivity contribution in [3.8, 4) is 17.0 Å². The number of carbonyl (C=O) groups is 1. The number of aliphatic hydroxyl groups excluding tert-OH is 1. The van der Waals surface area contributed by atoms with Crippen LogP contribution in [0, 0.1) is 0 Å². The third-order valence-corrected chi connectivity index (χ3v) is 8.16. The molecule has 10 heteroatoms. The number of rotatable bonds is 7. The molecule has 2 aromatic carbocycles. The Bertz CT molecular complexity index is 1310. The molecule has 0 saturated carbocycles. The highest BCUT2D eigenvalue weighted by Crippen LogP contribution is 2.34. The van der Waals surface area contributed by atoms with Gasteiger partial charge < -0.3 is 19.6 Å². The number of hydrogen-bond donors (Lipinski definition) is 1. The van der Waals surface area contributed by atoms with Gasteiger partial charge in [0.25, 0.3) is 0 Å². The normalized spacial score (nSPS) is 16.9. The summed E-state index contributed by atoms with van der Waals surface area (Å²) >= 11 is 12.4. The maximum Gasteiger partial charge on any atom is 0.219 e. The number of anilines is 1. The standard InChI is InChI=1S/C28H33Cl2N5O3/c1-19(36)34-10-9-25-22(18-34)28(20-7-8-23(29)24(30)15-20)31-35(25)17-21(37)16-32-11-13-33(14-12-32)26-5-3-4-6-27(26)38-2/h3-8,15,21,37H,9-14,16-18H2,1-2H3. The van der Waals surface area contributed by atoms with E-state index >= 15 is 0 Å².